The molecule has 7 nitrogen and oxygen atoms in total. The van der Waals surface area contributed by atoms with Gasteiger partial charge in [0.25, 0.3) is 0 Å². The van der Waals surface area contributed by atoms with E-state index in [1.54, 1.807) is 18.2 Å². The minimum Gasteiger partial charge on any atom is -0.477 e. The van der Waals surface area contributed by atoms with Crippen LogP contribution in [0.15, 0.2) is 42.4 Å². The Bertz CT molecular complexity index is 792. The van der Waals surface area contributed by atoms with E-state index in [0.29, 0.717) is 21.8 Å². The van der Waals surface area contributed by atoms with Gasteiger partial charge in [0.15, 0.2) is 5.57 Å². The molecular formula is C14H9Cl2N3O4. The van der Waals surface area contributed by atoms with Crippen LogP contribution < -0.4 is 5.32 Å². The largest absolute Gasteiger partial charge is 0.477 e. The van der Waals surface area contributed by atoms with Crippen molar-refractivity contribution in [1.82, 2.24) is 10.2 Å². The zero-order valence-electron chi connectivity index (χ0n) is 11.3. The van der Waals surface area contributed by atoms with Crippen LogP contribution in [0, 0.1) is 0 Å². The van der Waals surface area contributed by atoms with Crippen molar-refractivity contribution in [3.05, 3.63) is 52.4 Å². The molecule has 3 N–H and O–H groups in total. The lowest BCUT2D eigenvalue weighted by molar-refractivity contribution is -0.140. The van der Waals surface area contributed by atoms with Crippen LogP contribution in [0.4, 0.5) is 5.69 Å². The second-order valence-corrected chi connectivity index (χ2v) is 5.02. The summed E-state index contributed by atoms with van der Waals surface area (Å²) in [5, 5.41) is 28.3. The fraction of sp³-hybridized carbons (Fsp3) is 0. The van der Waals surface area contributed by atoms with Crippen LogP contribution in [-0.2, 0) is 9.59 Å². The number of nitrogens with zero attached hydrogens (tertiary/aromatic N) is 2. The summed E-state index contributed by atoms with van der Waals surface area (Å²) in [5.74, 6) is -3.15. The minimum atomic E-state index is -1.57. The third kappa shape index (κ3) is 3.77. The molecule has 0 aliphatic heterocycles. The third-order valence-corrected chi connectivity index (χ3v) is 3.62. The molecule has 0 saturated carbocycles. The molecule has 2 rings (SSSR count). The Hall–Kier alpha value is -2.64. The molecule has 1 heterocycles. The van der Waals surface area contributed by atoms with Crippen molar-refractivity contribution in [1.29, 1.82) is 0 Å². The number of carbonyl (C=O) groups is 2. The van der Waals surface area contributed by atoms with Crippen LogP contribution in [0.1, 0.15) is 0 Å². The van der Waals surface area contributed by atoms with Crippen molar-refractivity contribution < 1.29 is 19.8 Å². The second-order valence-electron chi connectivity index (χ2n) is 4.23. The van der Waals surface area contributed by atoms with Gasteiger partial charge in [0.1, 0.15) is 0 Å². The Labute approximate surface area is 140 Å². The van der Waals surface area contributed by atoms with Gasteiger partial charge in [-0.05, 0) is 6.07 Å². The maximum Gasteiger partial charge on any atom is 0.344 e. The van der Waals surface area contributed by atoms with E-state index in [-0.39, 0.29) is 5.02 Å². The monoisotopic (exact) mass is 353 g/mol. The second kappa shape index (κ2) is 7.08. The number of hydrogen-bond acceptors (Lipinski definition) is 5. The summed E-state index contributed by atoms with van der Waals surface area (Å²) in [6, 6.07) is 4.99. The molecule has 0 fully saturated rings. The zero-order valence-corrected chi connectivity index (χ0v) is 12.8. The van der Waals surface area contributed by atoms with Crippen molar-refractivity contribution in [3.63, 3.8) is 0 Å². The zero-order chi connectivity index (χ0) is 17.0. The standard InChI is InChI=1S/C14H9Cl2N3O4/c15-10-3-1-2-7(12(10)16)8-5-18-19-6-11(8)17-4-9(13(20)21)14(22)23/h1-6H,(H,17,18)(H,20,21)(H,22,23). The summed E-state index contributed by atoms with van der Waals surface area (Å²) in [4.78, 5) is 21.7. The Morgan fingerprint density at radius 2 is 1.70 bits per heavy atom. The molecule has 1 aromatic carbocycles. The number of aliphatic carboxylic acids is 2. The number of rotatable bonds is 5. The van der Waals surface area contributed by atoms with Gasteiger partial charge in [-0.3, -0.25) is 0 Å². The van der Waals surface area contributed by atoms with Gasteiger partial charge in [-0.1, -0.05) is 35.3 Å². The fourth-order valence-corrected chi connectivity index (χ4v) is 2.13. The van der Waals surface area contributed by atoms with Gasteiger partial charge in [0, 0.05) is 17.3 Å². The van der Waals surface area contributed by atoms with Crippen LogP contribution in [0.25, 0.3) is 11.1 Å². The normalized spacial score (nSPS) is 10.0. The molecule has 118 valence electrons. The summed E-state index contributed by atoms with van der Waals surface area (Å²) in [5.41, 5.74) is 0.519. The molecule has 1 aromatic heterocycles. The van der Waals surface area contributed by atoms with E-state index in [1.807, 2.05) is 0 Å². The summed E-state index contributed by atoms with van der Waals surface area (Å²) in [6.45, 7) is 0. The molecule has 0 spiro atoms. The van der Waals surface area contributed by atoms with Gasteiger partial charge < -0.3 is 15.5 Å². The molecule has 0 atom stereocenters. The first-order valence-electron chi connectivity index (χ1n) is 6.10. The number of carboxylic acid groups (broad SMARTS) is 2. The molecule has 2 aromatic rings. The van der Waals surface area contributed by atoms with Crippen molar-refractivity contribution in [2.24, 2.45) is 0 Å². The van der Waals surface area contributed by atoms with Crippen molar-refractivity contribution in [2.45, 2.75) is 0 Å². The van der Waals surface area contributed by atoms with Crippen molar-refractivity contribution in [3.8, 4) is 11.1 Å². The van der Waals surface area contributed by atoms with Crippen molar-refractivity contribution >= 4 is 40.8 Å². The van der Waals surface area contributed by atoms with Crippen LogP contribution >= 0.6 is 23.2 Å². The van der Waals surface area contributed by atoms with E-state index in [2.05, 4.69) is 15.5 Å². The van der Waals surface area contributed by atoms with Gasteiger partial charge in [-0.2, -0.15) is 10.2 Å². The lowest BCUT2D eigenvalue weighted by Gasteiger charge is -2.10. The van der Waals surface area contributed by atoms with E-state index >= 15 is 0 Å². The number of halogens is 2. The SMILES string of the molecule is O=C(O)C(=CNc1cnncc1-c1cccc(Cl)c1Cl)C(=O)O. The Morgan fingerprint density at radius 3 is 2.35 bits per heavy atom. The highest BCUT2D eigenvalue weighted by molar-refractivity contribution is 6.43. The van der Waals surface area contributed by atoms with Gasteiger partial charge >= 0.3 is 11.9 Å². The van der Waals surface area contributed by atoms with Crippen LogP contribution in [0.5, 0.6) is 0 Å². The maximum absolute atomic E-state index is 10.9. The van der Waals surface area contributed by atoms with E-state index < -0.39 is 17.5 Å². The molecule has 0 bridgehead atoms. The molecule has 0 unspecified atom stereocenters. The molecule has 0 radical (unpaired) electrons. The van der Waals surface area contributed by atoms with Crippen LogP contribution in [-0.4, -0.2) is 32.3 Å². The van der Waals surface area contributed by atoms with Gasteiger partial charge in [-0.25, -0.2) is 9.59 Å². The molecular weight excluding hydrogens is 345 g/mol. The predicted molar refractivity (Wildman–Crippen MR) is 84.5 cm³/mol. The summed E-state index contributed by atoms with van der Waals surface area (Å²) < 4.78 is 0. The van der Waals surface area contributed by atoms with Crippen molar-refractivity contribution in [2.75, 3.05) is 5.32 Å². The Kier molecular flexibility index (Phi) is 5.15. The number of carboxylic acids is 2. The van der Waals surface area contributed by atoms with Crippen LogP contribution in [0.2, 0.25) is 10.0 Å². The van der Waals surface area contributed by atoms with Gasteiger partial charge in [-0.15, -0.1) is 0 Å². The van der Waals surface area contributed by atoms with Gasteiger partial charge in [0.2, 0.25) is 0 Å². The first-order chi connectivity index (χ1) is 10.9. The average Bonchev–Trinajstić information content (AvgIpc) is 2.50. The topological polar surface area (TPSA) is 112 Å². The minimum absolute atomic E-state index is 0.283. The third-order valence-electron chi connectivity index (χ3n) is 2.81. The average molecular weight is 354 g/mol. The van der Waals surface area contributed by atoms with E-state index in [1.165, 1.54) is 12.4 Å². The molecule has 9 heteroatoms. The highest BCUT2D eigenvalue weighted by Gasteiger charge is 2.17. The number of hydrogen-bond donors (Lipinski definition) is 3. The number of benzene rings is 1. The summed E-state index contributed by atoms with van der Waals surface area (Å²) in [7, 11) is 0. The number of aromatic nitrogens is 2. The smallest absolute Gasteiger partial charge is 0.344 e. The van der Waals surface area contributed by atoms with E-state index in [0.717, 1.165) is 6.20 Å². The van der Waals surface area contributed by atoms with E-state index in [4.69, 9.17) is 33.4 Å². The molecule has 0 amide bonds. The maximum atomic E-state index is 10.9. The summed E-state index contributed by atoms with van der Waals surface area (Å²) in [6.07, 6.45) is 3.56. The molecule has 23 heavy (non-hydrogen) atoms. The fourth-order valence-electron chi connectivity index (χ4n) is 1.73. The summed E-state index contributed by atoms with van der Waals surface area (Å²) >= 11 is 12.1. The molecule has 0 aliphatic carbocycles. The number of nitrogens with one attached hydrogen (secondary N) is 1. The van der Waals surface area contributed by atoms with Crippen LogP contribution in [0.3, 0.4) is 0 Å². The highest BCUT2D eigenvalue weighted by atomic mass is 35.5. The lowest BCUT2D eigenvalue weighted by Crippen LogP contribution is -2.13. The highest BCUT2D eigenvalue weighted by Crippen LogP contribution is 2.36. The first-order valence-corrected chi connectivity index (χ1v) is 6.85. The molecule has 0 saturated heterocycles. The Balaban J connectivity index is 2.46. The predicted octanol–water partition coefficient (Wildman–Crippen LogP) is 2.92. The van der Waals surface area contributed by atoms with Gasteiger partial charge in [0.05, 0.1) is 28.1 Å². The lowest BCUT2D eigenvalue weighted by atomic mass is 10.1. The first kappa shape index (κ1) is 16.7. The quantitative estimate of drug-likeness (QED) is 0.430. The van der Waals surface area contributed by atoms with E-state index in [9.17, 15) is 9.59 Å². The Morgan fingerprint density at radius 1 is 1.04 bits per heavy atom. The number of anilines is 1. The molecule has 0 aliphatic rings.